The summed E-state index contributed by atoms with van der Waals surface area (Å²) < 4.78 is 52.9. The third kappa shape index (κ3) is 47.5. The minimum atomic E-state index is -4.81. The molecular formula is C51H82O15P2. The van der Waals surface area contributed by atoms with Gasteiger partial charge in [0.15, 0.2) is 0 Å². The van der Waals surface area contributed by atoms with Gasteiger partial charge >= 0.3 is 27.6 Å². The monoisotopic (exact) mass is 997 g/mol. The van der Waals surface area contributed by atoms with Crippen LogP contribution in [0.4, 0.5) is 0 Å². The molecule has 0 saturated carbocycles. The van der Waals surface area contributed by atoms with Crippen LogP contribution in [0.15, 0.2) is 122 Å². The predicted molar refractivity (Wildman–Crippen MR) is 269 cm³/mol. The van der Waals surface area contributed by atoms with Gasteiger partial charge in [-0.25, -0.2) is 9.13 Å². The van der Waals surface area contributed by atoms with E-state index in [9.17, 15) is 43.8 Å². The van der Waals surface area contributed by atoms with Crippen molar-refractivity contribution < 1.29 is 71.4 Å². The highest BCUT2D eigenvalue weighted by Crippen LogP contribution is 2.45. The molecule has 0 amide bonds. The highest BCUT2D eigenvalue weighted by atomic mass is 31.2. The number of phosphoric ester groups is 2. The van der Waals surface area contributed by atoms with Crippen LogP contribution in [0.2, 0.25) is 0 Å². The van der Waals surface area contributed by atoms with E-state index in [0.717, 1.165) is 70.6 Å². The lowest BCUT2D eigenvalue weighted by Gasteiger charge is -2.19. The fourth-order valence-corrected chi connectivity index (χ4v) is 6.93. The molecule has 15 nitrogen and oxygen atoms in total. The number of esters is 2. The smallest absolute Gasteiger partial charge is 0.463 e. The van der Waals surface area contributed by atoms with E-state index in [1.165, 1.54) is 19.3 Å². The number of carbonyl (C=O) groups excluding carboxylic acids is 2. The normalized spacial score (nSPS) is 16.0. The first-order valence-electron chi connectivity index (χ1n) is 24.0. The molecule has 0 spiro atoms. The van der Waals surface area contributed by atoms with Gasteiger partial charge in [-0.1, -0.05) is 161 Å². The van der Waals surface area contributed by atoms with Crippen LogP contribution < -0.4 is 0 Å². The Morgan fingerprint density at radius 2 is 0.735 bits per heavy atom. The Kier molecular flexibility index (Phi) is 43.5. The molecule has 17 heteroatoms. The molecule has 5 atom stereocenters. The summed E-state index contributed by atoms with van der Waals surface area (Å²) in [7, 11) is -9.61. The molecule has 0 aliphatic rings. The van der Waals surface area contributed by atoms with Crippen molar-refractivity contribution >= 4 is 27.6 Å². The fraction of sp³-hybridized carbons (Fsp3) is 0.569. The average molecular weight is 997 g/mol. The molecule has 0 rings (SSSR count). The second-order valence-corrected chi connectivity index (χ2v) is 18.4. The van der Waals surface area contributed by atoms with E-state index in [-0.39, 0.29) is 12.8 Å². The van der Waals surface area contributed by atoms with Crippen LogP contribution in [-0.2, 0) is 46.3 Å². The molecule has 0 radical (unpaired) electrons. The lowest BCUT2D eigenvalue weighted by Crippen LogP contribution is -2.25. The zero-order chi connectivity index (χ0) is 50.2. The fourth-order valence-electron chi connectivity index (χ4n) is 5.34. The number of aliphatic hydroxyl groups excluding tert-OH is 3. The lowest BCUT2D eigenvalue weighted by atomic mass is 10.1. The Labute approximate surface area is 406 Å². The zero-order valence-corrected chi connectivity index (χ0v) is 42.3. The van der Waals surface area contributed by atoms with Gasteiger partial charge < -0.3 is 34.6 Å². The molecule has 0 bridgehead atoms. The molecule has 0 aliphatic carbocycles. The van der Waals surface area contributed by atoms with Gasteiger partial charge in [0.25, 0.3) is 0 Å². The molecule has 0 aromatic heterocycles. The summed E-state index contributed by atoms with van der Waals surface area (Å²) in [6.45, 7) is 0.111. The molecule has 68 heavy (non-hydrogen) atoms. The van der Waals surface area contributed by atoms with Crippen molar-refractivity contribution in [1.82, 2.24) is 0 Å². The highest BCUT2D eigenvalue weighted by Gasteiger charge is 2.28. The predicted octanol–water partition coefficient (Wildman–Crippen LogP) is 11.0. The highest BCUT2D eigenvalue weighted by molar-refractivity contribution is 7.47. The molecule has 5 unspecified atom stereocenters. The quantitative estimate of drug-likeness (QED) is 0.0126. The van der Waals surface area contributed by atoms with E-state index in [1.807, 2.05) is 66.8 Å². The Hall–Kier alpha value is -3.56. The average Bonchev–Trinajstić information content (AvgIpc) is 3.31. The molecule has 0 fully saturated rings. The van der Waals surface area contributed by atoms with Gasteiger partial charge in [0.2, 0.25) is 0 Å². The third-order valence-corrected chi connectivity index (χ3v) is 11.0. The van der Waals surface area contributed by atoms with Crippen molar-refractivity contribution in [3.05, 3.63) is 122 Å². The summed E-state index contributed by atoms with van der Waals surface area (Å²) in [5.41, 5.74) is 0. The topological polar surface area (TPSA) is 225 Å². The van der Waals surface area contributed by atoms with Crippen molar-refractivity contribution in [2.45, 2.75) is 148 Å². The molecule has 0 saturated heterocycles. The first kappa shape index (κ1) is 64.4. The molecule has 0 aliphatic heterocycles. The van der Waals surface area contributed by atoms with E-state index >= 15 is 0 Å². The van der Waals surface area contributed by atoms with Gasteiger partial charge in [0, 0.05) is 12.8 Å². The minimum Gasteiger partial charge on any atom is -0.463 e. The van der Waals surface area contributed by atoms with E-state index in [2.05, 4.69) is 86.6 Å². The molecular weight excluding hydrogens is 914 g/mol. The maximum atomic E-state index is 12.2. The van der Waals surface area contributed by atoms with Crippen molar-refractivity contribution in [2.24, 2.45) is 0 Å². The van der Waals surface area contributed by atoms with Crippen molar-refractivity contribution in [1.29, 1.82) is 0 Å². The largest absolute Gasteiger partial charge is 0.472 e. The van der Waals surface area contributed by atoms with Crippen LogP contribution in [0.1, 0.15) is 129 Å². The molecule has 0 aromatic rings. The number of aliphatic hydroxyl groups is 3. The molecule has 386 valence electrons. The first-order chi connectivity index (χ1) is 32.8. The van der Waals surface area contributed by atoms with Gasteiger partial charge in [0.1, 0.15) is 31.5 Å². The van der Waals surface area contributed by atoms with Crippen molar-refractivity contribution in [3.8, 4) is 0 Å². The lowest BCUT2D eigenvalue weighted by molar-refractivity contribution is -0.148. The number of allylic oxidation sites excluding steroid dienone is 20. The number of unbranched alkanes of at least 4 members (excludes halogenated alkanes) is 9. The Balaban J connectivity index is 4.01. The van der Waals surface area contributed by atoms with Crippen molar-refractivity contribution in [2.75, 3.05) is 39.6 Å². The van der Waals surface area contributed by atoms with Crippen LogP contribution in [0.3, 0.4) is 0 Å². The van der Waals surface area contributed by atoms with E-state index < -0.39 is 85.5 Å². The second-order valence-electron chi connectivity index (χ2n) is 15.5. The third-order valence-electron chi connectivity index (χ3n) is 9.06. The Morgan fingerprint density at radius 3 is 1.12 bits per heavy atom. The Bertz CT molecular complexity index is 1680. The van der Waals surface area contributed by atoms with E-state index in [0.29, 0.717) is 12.8 Å². The van der Waals surface area contributed by atoms with Crippen molar-refractivity contribution in [3.63, 3.8) is 0 Å². The number of hydrogen-bond donors (Lipinski definition) is 5. The summed E-state index contributed by atoms with van der Waals surface area (Å²) in [6.07, 6.45) is 51.8. The maximum Gasteiger partial charge on any atom is 0.472 e. The number of rotatable bonds is 44. The number of ether oxygens (including phenoxy) is 2. The summed E-state index contributed by atoms with van der Waals surface area (Å²) in [6, 6.07) is 0. The second kappa shape index (κ2) is 45.9. The summed E-state index contributed by atoms with van der Waals surface area (Å²) in [5.74, 6) is -1.08. The summed E-state index contributed by atoms with van der Waals surface area (Å²) in [5, 5.41) is 30.0. The Morgan fingerprint density at radius 1 is 0.412 bits per heavy atom. The van der Waals surface area contributed by atoms with Gasteiger partial charge in [0.05, 0.1) is 26.4 Å². The van der Waals surface area contributed by atoms with Gasteiger partial charge in [-0.3, -0.25) is 27.7 Å². The standard InChI is InChI=1S/C51H82O15P2/c1-3-5-7-9-11-13-15-17-19-21-22-24-26-28-30-32-34-36-38-40-51(56)62-42-48(53)44-64-68(59,60)66-46-49(54)45-65-67(57,58)63-43-47(52)41-61-50(55)39-37-35-33-31-29-27-25-23-20-18-16-14-12-10-8-6-4-2/h6,8,10-14,16-20,22-25,27-30,47-49,52-54H,3-5,7,9,15,21,26,31-46H2,1-2H3,(H,57,58)(H,59,60)/b8-6-,12-10+,13-11-,16-14+,19-17-,20-18-,24-22-,25-23+,29-27+,30-28-. The zero-order valence-electron chi connectivity index (χ0n) is 40.5. The van der Waals surface area contributed by atoms with Crippen LogP contribution in [0.5, 0.6) is 0 Å². The van der Waals surface area contributed by atoms with Gasteiger partial charge in [-0.2, -0.15) is 0 Å². The van der Waals surface area contributed by atoms with Crippen LogP contribution in [-0.4, -0.2) is 95.0 Å². The summed E-state index contributed by atoms with van der Waals surface area (Å²) in [4.78, 5) is 43.8. The molecule has 5 N–H and O–H groups in total. The molecule has 0 heterocycles. The van der Waals surface area contributed by atoms with Crippen LogP contribution in [0.25, 0.3) is 0 Å². The van der Waals surface area contributed by atoms with E-state index in [4.69, 9.17) is 9.47 Å². The maximum absolute atomic E-state index is 12.2. The van der Waals surface area contributed by atoms with Crippen LogP contribution >= 0.6 is 15.6 Å². The van der Waals surface area contributed by atoms with Gasteiger partial charge in [-0.15, -0.1) is 0 Å². The molecule has 0 aromatic carbocycles. The van der Waals surface area contributed by atoms with E-state index in [1.54, 1.807) is 0 Å². The minimum absolute atomic E-state index is 0.137. The number of carbonyl (C=O) groups is 2. The summed E-state index contributed by atoms with van der Waals surface area (Å²) >= 11 is 0. The number of hydrogen-bond acceptors (Lipinski definition) is 13. The van der Waals surface area contributed by atoms with Crippen LogP contribution in [0, 0.1) is 0 Å². The van der Waals surface area contributed by atoms with Gasteiger partial charge in [-0.05, 0) is 77.0 Å². The SMILES string of the molecule is CC\C=C/C=C/C=C/C=C\C=C\C=C\CCCCCC(=O)OCC(O)COP(=O)(O)OCC(O)COP(=O)(O)OCC(O)COC(=O)CCCCC/C=C\C/C=C\C/C=C\C/C=C\CCCCC. The number of phosphoric acid groups is 2. The first-order valence-corrected chi connectivity index (χ1v) is 27.0.